The zero-order chi connectivity index (χ0) is 13.7. The maximum absolute atomic E-state index is 12.5. The molecular weight excluding hydrogens is 270 g/mol. The average Bonchev–Trinajstić information content (AvgIpc) is 2.47. The van der Waals surface area contributed by atoms with E-state index in [2.05, 4.69) is 30.9 Å². The lowest BCUT2D eigenvalue weighted by Gasteiger charge is -2.28. The van der Waals surface area contributed by atoms with Crippen LogP contribution in [0.1, 0.15) is 49.0 Å². The van der Waals surface area contributed by atoms with Crippen molar-refractivity contribution in [3.8, 4) is 0 Å². The molecule has 0 radical (unpaired) electrons. The van der Waals surface area contributed by atoms with E-state index in [4.69, 9.17) is 0 Å². The third-order valence-corrected chi connectivity index (χ3v) is 4.05. The summed E-state index contributed by atoms with van der Waals surface area (Å²) in [4.78, 5) is 14.9. The van der Waals surface area contributed by atoms with Crippen LogP contribution in [0.15, 0.2) is 24.3 Å². The maximum Gasteiger partial charge on any atom is 0.166 e. The fourth-order valence-corrected chi connectivity index (χ4v) is 2.84. The van der Waals surface area contributed by atoms with Crippen molar-refractivity contribution in [3.05, 3.63) is 35.4 Å². The van der Waals surface area contributed by atoms with Gasteiger partial charge in [-0.15, -0.1) is 12.4 Å². The molecule has 0 bridgehead atoms. The second-order valence-electron chi connectivity index (χ2n) is 5.68. The highest BCUT2D eigenvalue weighted by atomic mass is 35.5. The van der Waals surface area contributed by atoms with E-state index < -0.39 is 0 Å². The second-order valence-corrected chi connectivity index (χ2v) is 5.68. The number of ketones is 1. The quantitative estimate of drug-likeness (QED) is 0.766. The molecule has 2 nitrogen and oxygen atoms in total. The van der Waals surface area contributed by atoms with E-state index in [-0.39, 0.29) is 18.3 Å². The predicted octanol–water partition coefficient (Wildman–Crippen LogP) is 3.98. The number of hydrogen-bond donors (Lipinski definition) is 0. The van der Waals surface area contributed by atoms with Crippen molar-refractivity contribution < 1.29 is 4.79 Å². The van der Waals surface area contributed by atoms with Crippen molar-refractivity contribution in [2.24, 2.45) is 5.92 Å². The van der Waals surface area contributed by atoms with Crippen LogP contribution in [-0.4, -0.2) is 30.3 Å². The molecule has 3 heteroatoms. The number of benzene rings is 1. The number of aryl methyl sites for hydroxylation is 1. The lowest BCUT2D eigenvalue weighted by Crippen LogP contribution is -2.35. The summed E-state index contributed by atoms with van der Waals surface area (Å²) in [5.74, 6) is 0.395. The van der Waals surface area contributed by atoms with Crippen LogP contribution in [0.2, 0.25) is 0 Å². The molecule has 1 saturated heterocycles. The molecule has 0 N–H and O–H groups in total. The topological polar surface area (TPSA) is 20.3 Å². The maximum atomic E-state index is 12.5. The van der Waals surface area contributed by atoms with E-state index in [1.54, 1.807) is 0 Å². The third-order valence-electron chi connectivity index (χ3n) is 4.05. The fourth-order valence-electron chi connectivity index (χ4n) is 2.84. The minimum atomic E-state index is 0. The molecule has 1 aliphatic heterocycles. The van der Waals surface area contributed by atoms with Gasteiger partial charge >= 0.3 is 0 Å². The summed E-state index contributed by atoms with van der Waals surface area (Å²) in [7, 11) is 0. The lowest BCUT2D eigenvalue weighted by molar-refractivity contribution is 0.0883. The monoisotopic (exact) mass is 295 g/mol. The van der Waals surface area contributed by atoms with E-state index in [0.717, 1.165) is 31.6 Å². The van der Waals surface area contributed by atoms with Crippen molar-refractivity contribution in [1.29, 1.82) is 0 Å². The summed E-state index contributed by atoms with van der Waals surface area (Å²) in [6.07, 6.45) is 4.90. The van der Waals surface area contributed by atoms with Crippen LogP contribution in [0.5, 0.6) is 0 Å². The zero-order valence-electron chi connectivity index (χ0n) is 12.6. The van der Waals surface area contributed by atoms with Crippen LogP contribution in [0, 0.1) is 5.92 Å². The highest BCUT2D eigenvalue weighted by molar-refractivity contribution is 5.97. The van der Waals surface area contributed by atoms with Gasteiger partial charge in [0.15, 0.2) is 5.78 Å². The second kappa shape index (κ2) is 8.43. The molecule has 1 atom stereocenters. The van der Waals surface area contributed by atoms with Crippen molar-refractivity contribution in [1.82, 2.24) is 4.90 Å². The molecule has 1 heterocycles. The Kier molecular flexibility index (Phi) is 7.25. The number of Topliss-reactive ketones (excluding diaryl/α,β-unsaturated/α-hetero) is 1. The zero-order valence-corrected chi connectivity index (χ0v) is 13.4. The Labute approximate surface area is 129 Å². The first-order valence-electron chi connectivity index (χ1n) is 7.56. The molecule has 1 fully saturated rings. The first kappa shape index (κ1) is 17.2. The van der Waals surface area contributed by atoms with Gasteiger partial charge in [-0.1, -0.05) is 38.5 Å². The van der Waals surface area contributed by atoms with Gasteiger partial charge in [-0.05, 0) is 44.0 Å². The molecule has 1 aromatic rings. The Morgan fingerprint density at radius 1 is 1.25 bits per heavy atom. The largest absolute Gasteiger partial charge is 0.303 e. The number of rotatable bonds is 5. The van der Waals surface area contributed by atoms with Gasteiger partial charge in [-0.3, -0.25) is 4.79 Å². The van der Waals surface area contributed by atoms with Gasteiger partial charge in [0.05, 0.1) is 0 Å². The van der Waals surface area contributed by atoms with Crippen LogP contribution in [0.4, 0.5) is 0 Å². The normalized spacial score (nSPS) is 17.3. The lowest BCUT2D eigenvalue weighted by atomic mass is 9.96. The molecule has 0 saturated carbocycles. The summed E-state index contributed by atoms with van der Waals surface area (Å²) < 4.78 is 0. The summed E-state index contributed by atoms with van der Waals surface area (Å²) in [5, 5.41) is 0. The molecule has 112 valence electrons. The fraction of sp³-hybridized carbons (Fsp3) is 0.588. The number of piperidine rings is 1. The number of hydrogen-bond acceptors (Lipinski definition) is 2. The molecule has 0 spiro atoms. The first-order valence-corrected chi connectivity index (χ1v) is 7.56. The molecular formula is C17H26ClNO. The van der Waals surface area contributed by atoms with E-state index in [9.17, 15) is 4.79 Å². The van der Waals surface area contributed by atoms with Crippen LogP contribution < -0.4 is 0 Å². The third kappa shape index (κ3) is 4.60. The van der Waals surface area contributed by atoms with Crippen molar-refractivity contribution in [3.63, 3.8) is 0 Å². The predicted molar refractivity (Wildman–Crippen MR) is 86.9 cm³/mol. The van der Waals surface area contributed by atoms with Crippen molar-refractivity contribution in [2.75, 3.05) is 19.6 Å². The molecule has 20 heavy (non-hydrogen) atoms. The van der Waals surface area contributed by atoms with Crippen LogP contribution in [-0.2, 0) is 6.42 Å². The highest BCUT2D eigenvalue weighted by Crippen LogP contribution is 2.15. The van der Waals surface area contributed by atoms with Crippen LogP contribution in [0.3, 0.4) is 0 Å². The number of nitrogens with zero attached hydrogens (tertiary/aromatic N) is 1. The van der Waals surface area contributed by atoms with Gasteiger partial charge in [0.1, 0.15) is 0 Å². The van der Waals surface area contributed by atoms with Gasteiger partial charge in [0.25, 0.3) is 0 Å². The Hall–Kier alpha value is -0.860. The highest BCUT2D eigenvalue weighted by Gasteiger charge is 2.19. The minimum absolute atomic E-state index is 0. The van der Waals surface area contributed by atoms with E-state index in [1.165, 1.54) is 24.8 Å². The number of halogens is 1. The standard InChI is InChI=1S/C17H25NO.ClH/c1-3-15-8-7-9-16(12-15)17(19)14(2)13-18-10-5-4-6-11-18;/h7-9,12,14H,3-6,10-11,13H2,1-2H3;1H. The summed E-state index contributed by atoms with van der Waals surface area (Å²) in [6.45, 7) is 7.42. The smallest absolute Gasteiger partial charge is 0.166 e. The summed E-state index contributed by atoms with van der Waals surface area (Å²) in [6, 6.07) is 8.09. The first-order chi connectivity index (χ1) is 9.20. The van der Waals surface area contributed by atoms with Gasteiger partial charge in [-0.2, -0.15) is 0 Å². The molecule has 2 rings (SSSR count). The number of carbonyl (C=O) groups is 1. The summed E-state index contributed by atoms with van der Waals surface area (Å²) >= 11 is 0. The Morgan fingerprint density at radius 2 is 1.95 bits per heavy atom. The molecule has 0 aliphatic carbocycles. The van der Waals surface area contributed by atoms with Crippen LogP contribution >= 0.6 is 12.4 Å². The molecule has 1 unspecified atom stereocenters. The van der Waals surface area contributed by atoms with Gasteiger partial charge in [0.2, 0.25) is 0 Å². The van der Waals surface area contributed by atoms with Gasteiger partial charge in [0, 0.05) is 18.0 Å². The van der Waals surface area contributed by atoms with E-state index in [1.807, 2.05) is 12.1 Å². The van der Waals surface area contributed by atoms with E-state index >= 15 is 0 Å². The van der Waals surface area contributed by atoms with Crippen molar-refractivity contribution in [2.45, 2.75) is 39.5 Å². The summed E-state index contributed by atoms with van der Waals surface area (Å²) in [5.41, 5.74) is 2.12. The van der Waals surface area contributed by atoms with Gasteiger partial charge in [-0.25, -0.2) is 0 Å². The van der Waals surface area contributed by atoms with Crippen molar-refractivity contribution >= 4 is 18.2 Å². The minimum Gasteiger partial charge on any atom is -0.303 e. The Morgan fingerprint density at radius 3 is 2.60 bits per heavy atom. The SMILES string of the molecule is CCc1cccc(C(=O)C(C)CN2CCCCC2)c1.Cl. The molecule has 0 amide bonds. The molecule has 1 aromatic carbocycles. The van der Waals surface area contributed by atoms with Crippen LogP contribution in [0.25, 0.3) is 0 Å². The number of carbonyl (C=O) groups excluding carboxylic acids is 1. The average molecular weight is 296 g/mol. The Bertz CT molecular complexity index is 427. The molecule has 0 aromatic heterocycles. The molecule has 1 aliphatic rings. The number of likely N-dealkylation sites (tertiary alicyclic amines) is 1. The Balaban J connectivity index is 0.00000200. The van der Waals surface area contributed by atoms with E-state index in [0.29, 0.717) is 5.78 Å². The van der Waals surface area contributed by atoms with Gasteiger partial charge < -0.3 is 4.90 Å².